The predicted octanol–water partition coefficient (Wildman–Crippen LogP) is 5.50. The van der Waals surface area contributed by atoms with Crippen LogP contribution in [0.25, 0.3) is 0 Å². The molecule has 0 bridgehead atoms. The third kappa shape index (κ3) is 3.37. The lowest BCUT2D eigenvalue weighted by molar-refractivity contribution is 0.145. The van der Waals surface area contributed by atoms with Crippen LogP contribution < -0.4 is 0 Å². The van der Waals surface area contributed by atoms with Crippen LogP contribution in [0, 0.1) is 5.92 Å². The predicted molar refractivity (Wildman–Crippen MR) is 104 cm³/mol. The SMILES string of the molecule is O=C=NC(N=C=O)(C1CCCCC1)C1(Br)CCCC(Br)C1(Br)Br. The fraction of sp³-hybridized carbons (Fsp3) is 0.867. The van der Waals surface area contributed by atoms with E-state index in [-0.39, 0.29) is 10.7 Å². The van der Waals surface area contributed by atoms with Gasteiger partial charge in [-0.3, -0.25) is 0 Å². The first-order chi connectivity index (χ1) is 10.9. The lowest BCUT2D eigenvalue weighted by Crippen LogP contribution is -2.64. The van der Waals surface area contributed by atoms with Crippen molar-refractivity contribution in [2.24, 2.45) is 15.9 Å². The summed E-state index contributed by atoms with van der Waals surface area (Å²) in [5, 5.41) is 0. The zero-order valence-electron chi connectivity index (χ0n) is 12.5. The largest absolute Gasteiger partial charge is 0.237 e. The summed E-state index contributed by atoms with van der Waals surface area (Å²) in [5.41, 5.74) is -1.21. The van der Waals surface area contributed by atoms with Gasteiger partial charge in [0.25, 0.3) is 0 Å². The third-order valence-electron chi connectivity index (χ3n) is 5.09. The zero-order valence-corrected chi connectivity index (χ0v) is 18.9. The Morgan fingerprint density at radius 2 is 1.48 bits per heavy atom. The Labute approximate surface area is 169 Å². The number of alkyl halides is 4. The van der Waals surface area contributed by atoms with Gasteiger partial charge in [-0.25, -0.2) is 9.59 Å². The summed E-state index contributed by atoms with van der Waals surface area (Å²) >= 11 is 15.1. The van der Waals surface area contributed by atoms with Gasteiger partial charge in [0, 0.05) is 10.7 Å². The molecule has 2 aliphatic rings. The number of isocyanates is 2. The van der Waals surface area contributed by atoms with Crippen LogP contribution in [0.1, 0.15) is 51.4 Å². The van der Waals surface area contributed by atoms with E-state index in [2.05, 4.69) is 73.7 Å². The highest BCUT2D eigenvalue weighted by atomic mass is 79.9. The summed E-state index contributed by atoms with van der Waals surface area (Å²) in [6, 6.07) is 0. The van der Waals surface area contributed by atoms with E-state index in [1.807, 2.05) is 0 Å². The molecule has 2 fully saturated rings. The van der Waals surface area contributed by atoms with Gasteiger partial charge in [-0.15, -0.1) is 0 Å². The van der Waals surface area contributed by atoms with Crippen LogP contribution in [0.2, 0.25) is 0 Å². The Hall–Kier alpha value is 0.680. The number of hydrogen-bond acceptors (Lipinski definition) is 4. The van der Waals surface area contributed by atoms with Gasteiger partial charge in [-0.05, 0) is 25.7 Å². The molecule has 0 aliphatic heterocycles. The highest BCUT2D eigenvalue weighted by Crippen LogP contribution is 2.63. The van der Waals surface area contributed by atoms with Crippen LogP contribution >= 0.6 is 63.7 Å². The number of carbonyl (C=O) groups excluding carboxylic acids is 2. The van der Waals surface area contributed by atoms with Gasteiger partial charge >= 0.3 is 0 Å². The molecule has 0 saturated heterocycles. The smallest absolute Gasteiger partial charge is 0.211 e. The lowest BCUT2D eigenvalue weighted by atomic mass is 9.69. The van der Waals surface area contributed by atoms with Gasteiger partial charge < -0.3 is 0 Å². The van der Waals surface area contributed by atoms with E-state index in [1.165, 1.54) is 0 Å². The Kier molecular flexibility index (Phi) is 6.89. The molecular weight excluding hydrogens is 560 g/mol. The van der Waals surface area contributed by atoms with Crippen LogP contribution in [0.5, 0.6) is 0 Å². The van der Waals surface area contributed by atoms with Crippen molar-refractivity contribution in [3.63, 3.8) is 0 Å². The topological polar surface area (TPSA) is 58.9 Å². The second-order valence-corrected chi connectivity index (χ2v) is 12.3. The minimum absolute atomic E-state index is 0.00537. The van der Waals surface area contributed by atoms with Crippen molar-refractivity contribution in [2.75, 3.05) is 0 Å². The summed E-state index contributed by atoms with van der Waals surface area (Å²) in [6.07, 6.45) is 11.0. The van der Waals surface area contributed by atoms with Gasteiger partial charge in [0.2, 0.25) is 12.2 Å². The zero-order chi connectivity index (χ0) is 17.1. The normalized spacial score (nSPS) is 33.8. The standard InChI is InChI=1S/C15H18Br4N2O2/c16-12-7-4-8-13(17,14(12,18)19)15(20-9-22,21-10-23)11-5-2-1-3-6-11/h11-12H,1-8H2. The molecule has 0 heterocycles. The molecule has 2 aliphatic carbocycles. The number of halogens is 4. The van der Waals surface area contributed by atoms with Gasteiger partial charge in [-0.1, -0.05) is 89.4 Å². The van der Waals surface area contributed by atoms with Crippen LogP contribution in [0.4, 0.5) is 0 Å². The molecule has 0 aromatic heterocycles. The Balaban J connectivity index is 2.63. The van der Waals surface area contributed by atoms with E-state index < -0.39 is 13.2 Å². The molecule has 2 rings (SSSR count). The summed E-state index contributed by atoms with van der Waals surface area (Å²) < 4.78 is -1.35. The molecule has 128 valence electrons. The molecule has 2 atom stereocenters. The Morgan fingerprint density at radius 1 is 0.913 bits per heavy atom. The second kappa shape index (κ2) is 7.92. The van der Waals surface area contributed by atoms with E-state index in [9.17, 15) is 9.59 Å². The fourth-order valence-electron chi connectivity index (χ4n) is 3.90. The monoisotopic (exact) mass is 574 g/mol. The van der Waals surface area contributed by atoms with E-state index in [4.69, 9.17) is 0 Å². The van der Waals surface area contributed by atoms with E-state index in [0.717, 1.165) is 51.4 Å². The van der Waals surface area contributed by atoms with Gasteiger partial charge in [0.15, 0.2) is 5.66 Å². The molecule has 2 unspecified atom stereocenters. The van der Waals surface area contributed by atoms with E-state index >= 15 is 0 Å². The minimum Gasteiger partial charge on any atom is -0.211 e. The maximum Gasteiger partial charge on any atom is 0.237 e. The second-order valence-electron chi connectivity index (χ2n) is 6.25. The van der Waals surface area contributed by atoms with Crippen LogP contribution in [0.3, 0.4) is 0 Å². The summed E-state index contributed by atoms with van der Waals surface area (Å²) in [7, 11) is 0. The number of aliphatic imine (C=N–C) groups is 2. The average Bonchev–Trinajstić information content (AvgIpc) is 2.53. The number of rotatable bonds is 4. The molecule has 23 heavy (non-hydrogen) atoms. The first-order valence-electron chi connectivity index (χ1n) is 7.74. The first kappa shape index (κ1) is 20.0. The maximum absolute atomic E-state index is 11.3. The van der Waals surface area contributed by atoms with Gasteiger partial charge in [-0.2, -0.15) is 9.98 Å². The number of hydrogen-bond donors (Lipinski definition) is 0. The maximum atomic E-state index is 11.3. The van der Waals surface area contributed by atoms with Crippen molar-refractivity contribution < 1.29 is 9.59 Å². The Morgan fingerprint density at radius 3 is 2.00 bits per heavy atom. The van der Waals surface area contributed by atoms with Gasteiger partial charge in [0.05, 0.1) is 4.32 Å². The van der Waals surface area contributed by atoms with Crippen molar-refractivity contribution >= 4 is 75.9 Å². The van der Waals surface area contributed by atoms with Crippen molar-refractivity contribution in [3.05, 3.63) is 0 Å². The highest BCUT2D eigenvalue weighted by molar-refractivity contribution is 9.27. The van der Waals surface area contributed by atoms with Crippen LogP contribution in [-0.4, -0.2) is 30.2 Å². The summed E-state index contributed by atoms with van der Waals surface area (Å²) in [6.45, 7) is 0. The van der Waals surface area contributed by atoms with Crippen molar-refractivity contribution in [1.29, 1.82) is 0 Å². The minimum atomic E-state index is -1.21. The summed E-state index contributed by atoms with van der Waals surface area (Å²) in [5.74, 6) is 0.00537. The molecule has 0 aromatic carbocycles. The lowest BCUT2D eigenvalue weighted by Gasteiger charge is -2.55. The fourth-order valence-corrected chi connectivity index (χ4v) is 7.42. The molecule has 0 radical (unpaired) electrons. The van der Waals surface area contributed by atoms with Crippen molar-refractivity contribution in [2.45, 2.75) is 69.4 Å². The quantitative estimate of drug-likeness (QED) is 0.252. The van der Waals surface area contributed by atoms with E-state index in [1.54, 1.807) is 12.2 Å². The molecule has 2 saturated carbocycles. The number of nitrogens with zero attached hydrogens (tertiary/aromatic N) is 2. The molecular formula is C15H18Br4N2O2. The molecule has 4 nitrogen and oxygen atoms in total. The highest BCUT2D eigenvalue weighted by Gasteiger charge is 2.67. The molecule has 0 aromatic rings. The Bertz CT molecular complexity index is 520. The third-order valence-corrected chi connectivity index (χ3v) is 12.6. The molecule has 0 amide bonds. The molecule has 8 heteroatoms. The van der Waals surface area contributed by atoms with Crippen LogP contribution in [0.15, 0.2) is 9.98 Å². The first-order valence-corrected chi connectivity index (χ1v) is 11.0. The van der Waals surface area contributed by atoms with E-state index in [0.29, 0.717) is 0 Å². The molecule has 0 N–H and O–H groups in total. The summed E-state index contributed by atoms with van der Waals surface area (Å²) in [4.78, 5) is 30.9. The van der Waals surface area contributed by atoms with Crippen LogP contribution in [-0.2, 0) is 9.59 Å². The van der Waals surface area contributed by atoms with Gasteiger partial charge in [0.1, 0.15) is 3.23 Å². The van der Waals surface area contributed by atoms with Crippen molar-refractivity contribution in [1.82, 2.24) is 0 Å². The molecule has 0 spiro atoms. The average molecular weight is 578 g/mol. The van der Waals surface area contributed by atoms with Crippen molar-refractivity contribution in [3.8, 4) is 0 Å².